The molecule has 3 aromatic rings. The van der Waals surface area contributed by atoms with Crippen LogP contribution in [0.5, 0.6) is 0 Å². The fraction of sp³-hybridized carbons (Fsp3) is 0. The van der Waals surface area contributed by atoms with Crippen LogP contribution >= 0.6 is 0 Å². The van der Waals surface area contributed by atoms with Gasteiger partial charge in [-0.2, -0.15) is 0 Å². The molecule has 0 radical (unpaired) electrons. The van der Waals surface area contributed by atoms with Gasteiger partial charge in [-0.15, -0.1) is 0 Å². The second-order valence-electron chi connectivity index (χ2n) is 4.33. The van der Waals surface area contributed by atoms with Crippen LogP contribution in [-0.4, -0.2) is 0 Å². The van der Waals surface area contributed by atoms with Gasteiger partial charge in [-0.05, 0) is 33.2 Å². The van der Waals surface area contributed by atoms with E-state index in [1.807, 2.05) is 12.2 Å². The number of hydrogen-bond acceptors (Lipinski definition) is 0. The van der Waals surface area contributed by atoms with Crippen molar-refractivity contribution >= 4 is 27.6 Å². The van der Waals surface area contributed by atoms with E-state index in [2.05, 4.69) is 67.3 Å². The lowest BCUT2D eigenvalue weighted by Gasteiger charge is -2.07. The Labute approximate surface area is 107 Å². The molecule has 18 heavy (non-hydrogen) atoms. The molecule has 0 atom stereocenters. The van der Waals surface area contributed by atoms with E-state index in [4.69, 9.17) is 0 Å². The number of rotatable bonds is 2. The van der Waals surface area contributed by atoms with Crippen LogP contribution in [0, 0.1) is 0 Å². The van der Waals surface area contributed by atoms with Gasteiger partial charge in [0.1, 0.15) is 0 Å². The highest BCUT2D eigenvalue weighted by Gasteiger charge is 2.03. The summed E-state index contributed by atoms with van der Waals surface area (Å²) in [5.74, 6) is 0. The molecule has 0 aliphatic carbocycles. The van der Waals surface area contributed by atoms with Gasteiger partial charge in [-0.3, -0.25) is 0 Å². The minimum atomic E-state index is 1.27. The van der Waals surface area contributed by atoms with E-state index in [9.17, 15) is 0 Å². The van der Waals surface area contributed by atoms with Crippen LogP contribution in [0.25, 0.3) is 27.6 Å². The quantitative estimate of drug-likeness (QED) is 0.419. The van der Waals surface area contributed by atoms with E-state index in [-0.39, 0.29) is 0 Å². The summed E-state index contributed by atoms with van der Waals surface area (Å²) in [6.07, 6.45) is 5.95. The minimum absolute atomic E-state index is 1.27. The molecule has 0 bridgehead atoms. The molecular weight excluding hydrogens is 216 g/mol. The summed E-state index contributed by atoms with van der Waals surface area (Å²) in [6, 6.07) is 19.2. The van der Waals surface area contributed by atoms with Crippen molar-refractivity contribution < 1.29 is 0 Å². The van der Waals surface area contributed by atoms with E-state index in [0.29, 0.717) is 0 Å². The standard InChI is InChI=1S/C18H14/c1-2-3-10-18-16-11-6-4-8-14(16)13-15-9-5-7-12-17(15)18/h2-13H,1H2. The number of benzene rings is 3. The van der Waals surface area contributed by atoms with E-state index < -0.39 is 0 Å². The normalized spacial score (nSPS) is 11.3. The topological polar surface area (TPSA) is 0 Å². The number of hydrogen-bond donors (Lipinski definition) is 0. The molecule has 86 valence electrons. The molecule has 0 heterocycles. The summed E-state index contributed by atoms with van der Waals surface area (Å²) in [5, 5.41) is 5.13. The molecule has 0 aliphatic rings. The van der Waals surface area contributed by atoms with Gasteiger partial charge in [0.25, 0.3) is 0 Å². The van der Waals surface area contributed by atoms with Crippen LogP contribution in [0.1, 0.15) is 5.56 Å². The highest BCUT2D eigenvalue weighted by molar-refractivity contribution is 6.06. The van der Waals surface area contributed by atoms with Crippen molar-refractivity contribution in [2.24, 2.45) is 0 Å². The van der Waals surface area contributed by atoms with E-state index in [1.54, 1.807) is 0 Å². The Balaban J connectivity index is 2.49. The van der Waals surface area contributed by atoms with Crippen molar-refractivity contribution in [3.8, 4) is 0 Å². The molecule has 0 aromatic heterocycles. The largest absolute Gasteiger partial charge is 0.0991 e. The molecule has 3 rings (SSSR count). The van der Waals surface area contributed by atoms with Crippen molar-refractivity contribution in [1.29, 1.82) is 0 Å². The molecule has 0 heteroatoms. The van der Waals surface area contributed by atoms with Gasteiger partial charge in [-0.1, -0.05) is 73.3 Å². The first-order valence-corrected chi connectivity index (χ1v) is 6.10. The second-order valence-corrected chi connectivity index (χ2v) is 4.33. The van der Waals surface area contributed by atoms with Crippen LogP contribution in [-0.2, 0) is 0 Å². The molecule has 0 saturated heterocycles. The van der Waals surface area contributed by atoms with Gasteiger partial charge in [0, 0.05) is 0 Å². The first kappa shape index (κ1) is 10.8. The van der Waals surface area contributed by atoms with E-state index in [1.165, 1.54) is 27.1 Å². The summed E-state index contributed by atoms with van der Waals surface area (Å²) >= 11 is 0. The van der Waals surface area contributed by atoms with Gasteiger partial charge in [0.05, 0.1) is 0 Å². The average Bonchev–Trinajstić information content (AvgIpc) is 2.43. The highest BCUT2D eigenvalue weighted by atomic mass is 14.1. The minimum Gasteiger partial charge on any atom is -0.0991 e. The van der Waals surface area contributed by atoms with Gasteiger partial charge >= 0.3 is 0 Å². The van der Waals surface area contributed by atoms with Crippen LogP contribution in [0.4, 0.5) is 0 Å². The average molecular weight is 230 g/mol. The van der Waals surface area contributed by atoms with Crippen LogP contribution in [0.15, 0.2) is 73.3 Å². The number of allylic oxidation sites excluding steroid dienone is 2. The Hall–Kier alpha value is -2.34. The summed E-state index contributed by atoms with van der Waals surface area (Å²) in [4.78, 5) is 0. The Bertz CT molecular complexity index is 694. The lowest BCUT2D eigenvalue weighted by atomic mass is 9.96. The lowest BCUT2D eigenvalue weighted by molar-refractivity contribution is 1.74. The third kappa shape index (κ3) is 1.72. The molecule has 0 fully saturated rings. The van der Waals surface area contributed by atoms with Crippen molar-refractivity contribution in [3.05, 3.63) is 78.9 Å². The van der Waals surface area contributed by atoms with Crippen LogP contribution < -0.4 is 0 Å². The first-order valence-electron chi connectivity index (χ1n) is 6.10. The molecule has 0 amide bonds. The van der Waals surface area contributed by atoms with Gasteiger partial charge < -0.3 is 0 Å². The lowest BCUT2D eigenvalue weighted by Crippen LogP contribution is -1.82. The monoisotopic (exact) mass is 230 g/mol. The predicted molar refractivity (Wildman–Crippen MR) is 80.7 cm³/mol. The first-order chi connectivity index (χ1) is 8.90. The molecule has 0 spiro atoms. The molecule has 0 nitrogen and oxygen atoms in total. The van der Waals surface area contributed by atoms with E-state index in [0.717, 1.165) is 0 Å². The predicted octanol–water partition coefficient (Wildman–Crippen LogP) is 5.19. The molecule has 3 aromatic carbocycles. The molecule has 0 aliphatic heterocycles. The summed E-state index contributed by atoms with van der Waals surface area (Å²) in [5.41, 5.74) is 1.27. The molecular formula is C18H14. The fourth-order valence-corrected chi connectivity index (χ4v) is 2.39. The van der Waals surface area contributed by atoms with E-state index >= 15 is 0 Å². The maximum atomic E-state index is 3.75. The summed E-state index contributed by atoms with van der Waals surface area (Å²) < 4.78 is 0. The summed E-state index contributed by atoms with van der Waals surface area (Å²) in [6.45, 7) is 3.75. The maximum absolute atomic E-state index is 3.75. The smallest absolute Gasteiger partial charge is 0.00994 e. The highest BCUT2D eigenvalue weighted by Crippen LogP contribution is 2.29. The number of fused-ring (bicyclic) bond motifs is 2. The van der Waals surface area contributed by atoms with Crippen molar-refractivity contribution in [2.75, 3.05) is 0 Å². The molecule has 0 unspecified atom stereocenters. The van der Waals surface area contributed by atoms with Gasteiger partial charge in [-0.25, -0.2) is 0 Å². The Morgan fingerprint density at radius 2 is 1.33 bits per heavy atom. The van der Waals surface area contributed by atoms with Gasteiger partial charge in [0.2, 0.25) is 0 Å². The van der Waals surface area contributed by atoms with Crippen molar-refractivity contribution in [2.45, 2.75) is 0 Å². The molecule has 0 saturated carbocycles. The zero-order valence-electron chi connectivity index (χ0n) is 10.1. The second kappa shape index (κ2) is 4.50. The zero-order chi connectivity index (χ0) is 12.4. The van der Waals surface area contributed by atoms with Crippen LogP contribution in [0.2, 0.25) is 0 Å². The fourth-order valence-electron chi connectivity index (χ4n) is 2.39. The maximum Gasteiger partial charge on any atom is -0.00994 e. The van der Waals surface area contributed by atoms with Crippen molar-refractivity contribution in [1.82, 2.24) is 0 Å². The Morgan fingerprint density at radius 1 is 0.778 bits per heavy atom. The van der Waals surface area contributed by atoms with Crippen LogP contribution in [0.3, 0.4) is 0 Å². The Kier molecular flexibility index (Phi) is 2.70. The Morgan fingerprint density at radius 3 is 1.89 bits per heavy atom. The third-order valence-electron chi connectivity index (χ3n) is 3.21. The third-order valence-corrected chi connectivity index (χ3v) is 3.21. The van der Waals surface area contributed by atoms with Crippen molar-refractivity contribution in [3.63, 3.8) is 0 Å². The SMILES string of the molecule is C=CC=Cc1c2ccccc2cc2ccccc12. The zero-order valence-corrected chi connectivity index (χ0v) is 10.1. The van der Waals surface area contributed by atoms with Gasteiger partial charge in [0.15, 0.2) is 0 Å². The summed E-state index contributed by atoms with van der Waals surface area (Å²) in [7, 11) is 0. The molecule has 0 N–H and O–H groups in total.